The van der Waals surface area contributed by atoms with Crippen molar-refractivity contribution in [2.45, 2.75) is 43.5 Å². The molecule has 1 saturated carbocycles. The second kappa shape index (κ2) is 6.19. The van der Waals surface area contributed by atoms with Crippen LogP contribution in [0.4, 0.5) is 10.1 Å². The SMILES string of the molecule is COc1c(N)cc(S(=O)(=O)NC(C)C2CCCC2)cc1F. The fourth-order valence-electron chi connectivity index (χ4n) is 2.83. The summed E-state index contributed by atoms with van der Waals surface area (Å²) in [4.78, 5) is -0.178. The molecule has 2 rings (SSSR count). The van der Waals surface area contributed by atoms with Crippen molar-refractivity contribution in [1.29, 1.82) is 0 Å². The molecule has 1 atom stereocenters. The number of hydrogen-bond acceptors (Lipinski definition) is 4. The second-order valence-corrected chi connectivity index (χ2v) is 7.20. The molecule has 0 heterocycles. The molecule has 0 aromatic heterocycles. The number of methoxy groups -OCH3 is 1. The third-order valence-electron chi connectivity index (χ3n) is 4.01. The van der Waals surface area contributed by atoms with E-state index in [4.69, 9.17) is 10.5 Å². The number of nitrogen functional groups attached to an aromatic ring is 1. The Bertz CT molecular complexity index is 590. The molecular formula is C14H21FN2O3S. The molecule has 1 aliphatic carbocycles. The topological polar surface area (TPSA) is 81.4 Å². The van der Waals surface area contributed by atoms with Crippen LogP contribution in [-0.2, 0) is 10.0 Å². The van der Waals surface area contributed by atoms with Crippen molar-refractivity contribution in [1.82, 2.24) is 4.72 Å². The Balaban J connectivity index is 2.23. The number of halogens is 1. The monoisotopic (exact) mass is 316 g/mol. The lowest BCUT2D eigenvalue weighted by molar-refractivity contribution is 0.387. The lowest BCUT2D eigenvalue weighted by Crippen LogP contribution is -2.37. The van der Waals surface area contributed by atoms with Crippen LogP contribution in [0.1, 0.15) is 32.6 Å². The first-order chi connectivity index (χ1) is 9.85. The lowest BCUT2D eigenvalue weighted by Gasteiger charge is -2.20. The van der Waals surface area contributed by atoms with Crippen molar-refractivity contribution in [2.75, 3.05) is 12.8 Å². The van der Waals surface area contributed by atoms with Crippen molar-refractivity contribution in [3.8, 4) is 5.75 Å². The first-order valence-corrected chi connectivity index (χ1v) is 8.49. The van der Waals surface area contributed by atoms with Crippen molar-refractivity contribution < 1.29 is 17.5 Å². The second-order valence-electron chi connectivity index (χ2n) is 5.48. The van der Waals surface area contributed by atoms with Gasteiger partial charge in [0.25, 0.3) is 0 Å². The van der Waals surface area contributed by atoms with Gasteiger partial charge in [0.2, 0.25) is 10.0 Å². The third-order valence-corrected chi connectivity index (χ3v) is 5.55. The number of nitrogens with one attached hydrogen (secondary N) is 1. The van der Waals surface area contributed by atoms with E-state index in [1.165, 1.54) is 13.2 Å². The molecule has 0 bridgehead atoms. The van der Waals surface area contributed by atoms with Gasteiger partial charge in [0.1, 0.15) is 0 Å². The first-order valence-electron chi connectivity index (χ1n) is 7.00. The average molecular weight is 316 g/mol. The zero-order valence-corrected chi connectivity index (χ0v) is 13.0. The van der Waals surface area contributed by atoms with Crippen LogP contribution in [0, 0.1) is 11.7 Å². The van der Waals surface area contributed by atoms with Crippen LogP contribution in [0.25, 0.3) is 0 Å². The summed E-state index contributed by atoms with van der Waals surface area (Å²) in [6.07, 6.45) is 4.29. The molecule has 1 aromatic carbocycles. The highest BCUT2D eigenvalue weighted by Gasteiger charge is 2.27. The van der Waals surface area contributed by atoms with Crippen LogP contribution >= 0.6 is 0 Å². The Kier molecular flexibility index (Phi) is 4.73. The molecular weight excluding hydrogens is 295 g/mol. The van der Waals surface area contributed by atoms with E-state index in [0.717, 1.165) is 31.7 Å². The molecule has 7 heteroatoms. The van der Waals surface area contributed by atoms with Gasteiger partial charge in [-0.2, -0.15) is 0 Å². The maximum atomic E-state index is 13.8. The Morgan fingerprint density at radius 2 is 2.00 bits per heavy atom. The van der Waals surface area contributed by atoms with E-state index in [9.17, 15) is 12.8 Å². The van der Waals surface area contributed by atoms with E-state index in [2.05, 4.69) is 4.72 Å². The summed E-state index contributed by atoms with van der Waals surface area (Å²) in [5.74, 6) is -0.593. The Hall–Kier alpha value is -1.34. The lowest BCUT2D eigenvalue weighted by atomic mass is 10.0. The largest absolute Gasteiger partial charge is 0.492 e. The van der Waals surface area contributed by atoms with Gasteiger partial charge in [0.15, 0.2) is 11.6 Å². The standard InChI is InChI=1S/C14H21FN2O3S/c1-9(10-5-3-4-6-10)17-21(18,19)11-7-12(15)14(20-2)13(16)8-11/h7-10,17H,3-6,16H2,1-2H3. The summed E-state index contributed by atoms with van der Waals surface area (Å²) in [5.41, 5.74) is 5.59. The van der Waals surface area contributed by atoms with Gasteiger partial charge in [0.05, 0.1) is 17.7 Å². The van der Waals surface area contributed by atoms with Crippen LogP contribution in [-0.4, -0.2) is 21.6 Å². The molecule has 1 aromatic rings. The summed E-state index contributed by atoms with van der Waals surface area (Å²) in [6, 6.07) is 1.97. The van der Waals surface area contributed by atoms with Gasteiger partial charge in [0, 0.05) is 6.04 Å². The van der Waals surface area contributed by atoms with E-state index in [1.54, 1.807) is 0 Å². The minimum Gasteiger partial charge on any atom is -0.492 e. The Labute approximate surface area is 124 Å². The zero-order valence-electron chi connectivity index (χ0n) is 12.2. The Morgan fingerprint density at radius 1 is 1.38 bits per heavy atom. The van der Waals surface area contributed by atoms with Gasteiger partial charge in [-0.25, -0.2) is 17.5 Å². The molecule has 0 saturated heterocycles. The zero-order chi connectivity index (χ0) is 15.6. The van der Waals surface area contributed by atoms with Gasteiger partial charge in [-0.15, -0.1) is 0 Å². The molecule has 118 valence electrons. The van der Waals surface area contributed by atoms with Crippen molar-refractivity contribution in [2.24, 2.45) is 5.92 Å². The minimum absolute atomic E-state index is 0.0357. The molecule has 1 unspecified atom stereocenters. The summed E-state index contributed by atoms with van der Waals surface area (Å²) >= 11 is 0. The molecule has 0 aliphatic heterocycles. The van der Waals surface area contributed by atoms with E-state index in [-0.39, 0.29) is 22.4 Å². The van der Waals surface area contributed by atoms with Crippen molar-refractivity contribution >= 4 is 15.7 Å². The van der Waals surface area contributed by atoms with E-state index in [0.29, 0.717) is 5.92 Å². The van der Waals surface area contributed by atoms with Crippen LogP contribution in [0.2, 0.25) is 0 Å². The number of benzene rings is 1. The highest BCUT2D eigenvalue weighted by atomic mass is 32.2. The summed E-state index contributed by atoms with van der Waals surface area (Å²) in [7, 11) is -2.51. The normalized spacial score (nSPS) is 17.9. The molecule has 5 nitrogen and oxygen atoms in total. The van der Waals surface area contributed by atoms with Crippen LogP contribution in [0.3, 0.4) is 0 Å². The molecule has 3 N–H and O–H groups in total. The predicted octanol–water partition coefficient (Wildman–Crippen LogP) is 2.27. The van der Waals surface area contributed by atoms with Gasteiger partial charge in [-0.1, -0.05) is 12.8 Å². The molecule has 0 spiro atoms. The predicted molar refractivity (Wildman–Crippen MR) is 79.1 cm³/mol. The maximum absolute atomic E-state index is 13.8. The molecule has 0 radical (unpaired) electrons. The molecule has 21 heavy (non-hydrogen) atoms. The van der Waals surface area contributed by atoms with E-state index >= 15 is 0 Å². The summed E-state index contributed by atoms with van der Waals surface area (Å²) in [5, 5.41) is 0. The number of ether oxygens (including phenoxy) is 1. The van der Waals surface area contributed by atoms with Crippen LogP contribution < -0.4 is 15.2 Å². The van der Waals surface area contributed by atoms with Crippen LogP contribution in [0.5, 0.6) is 5.75 Å². The summed E-state index contributed by atoms with van der Waals surface area (Å²) in [6.45, 7) is 1.84. The number of hydrogen-bond donors (Lipinski definition) is 2. The number of anilines is 1. The van der Waals surface area contributed by atoms with Crippen molar-refractivity contribution in [3.63, 3.8) is 0 Å². The Morgan fingerprint density at radius 3 is 2.52 bits per heavy atom. The fraction of sp³-hybridized carbons (Fsp3) is 0.571. The third kappa shape index (κ3) is 3.47. The fourth-order valence-corrected chi connectivity index (χ4v) is 4.18. The first kappa shape index (κ1) is 16.0. The van der Waals surface area contributed by atoms with Gasteiger partial charge < -0.3 is 10.5 Å². The number of nitrogens with two attached hydrogens (primary N) is 1. The average Bonchev–Trinajstić information content (AvgIpc) is 2.91. The maximum Gasteiger partial charge on any atom is 0.241 e. The quantitative estimate of drug-likeness (QED) is 0.817. The van der Waals surface area contributed by atoms with E-state index in [1.807, 2.05) is 6.92 Å². The smallest absolute Gasteiger partial charge is 0.241 e. The van der Waals surface area contributed by atoms with Crippen LogP contribution in [0.15, 0.2) is 17.0 Å². The van der Waals surface area contributed by atoms with Gasteiger partial charge in [-0.05, 0) is 37.8 Å². The van der Waals surface area contributed by atoms with Gasteiger partial charge >= 0.3 is 0 Å². The minimum atomic E-state index is -3.79. The number of sulfonamides is 1. The molecule has 0 amide bonds. The highest BCUT2D eigenvalue weighted by molar-refractivity contribution is 7.89. The summed E-state index contributed by atoms with van der Waals surface area (Å²) < 4.78 is 45.8. The van der Waals surface area contributed by atoms with E-state index < -0.39 is 15.8 Å². The van der Waals surface area contributed by atoms with Crippen molar-refractivity contribution in [3.05, 3.63) is 17.9 Å². The highest BCUT2D eigenvalue weighted by Crippen LogP contribution is 2.30. The number of rotatable bonds is 5. The van der Waals surface area contributed by atoms with Gasteiger partial charge in [-0.3, -0.25) is 0 Å². The molecule has 1 aliphatic rings. The molecule has 1 fully saturated rings.